The van der Waals surface area contributed by atoms with Gasteiger partial charge in [-0.05, 0) is 47.8 Å². The second kappa shape index (κ2) is 7.40. The van der Waals surface area contributed by atoms with Crippen LogP contribution in [0.3, 0.4) is 0 Å². The molecule has 168 valence electrons. The zero-order chi connectivity index (χ0) is 21.8. The van der Waals surface area contributed by atoms with Crippen LogP contribution in [0.5, 0.6) is 11.5 Å². The van der Waals surface area contributed by atoms with Gasteiger partial charge in [-0.1, -0.05) is 26.8 Å². The van der Waals surface area contributed by atoms with Gasteiger partial charge in [0.15, 0.2) is 11.5 Å². The zero-order valence-corrected chi connectivity index (χ0v) is 18.9. The number of likely N-dealkylation sites (tertiary alicyclic amines) is 1. The molecule has 0 radical (unpaired) electrons. The van der Waals surface area contributed by atoms with Crippen molar-refractivity contribution in [3.05, 3.63) is 23.8 Å². The van der Waals surface area contributed by atoms with Crippen LogP contribution in [0.4, 0.5) is 0 Å². The van der Waals surface area contributed by atoms with Gasteiger partial charge in [-0.2, -0.15) is 0 Å². The average molecular weight is 428 g/mol. The fraction of sp³-hybridized carbons (Fsp3) is 0.667. The first-order valence-electron chi connectivity index (χ1n) is 11.4. The summed E-state index contributed by atoms with van der Waals surface area (Å²) in [4.78, 5) is 32.1. The Bertz CT molecular complexity index is 893. The summed E-state index contributed by atoms with van der Waals surface area (Å²) in [7, 11) is 0. The van der Waals surface area contributed by atoms with Gasteiger partial charge in [-0.25, -0.2) is 0 Å². The van der Waals surface area contributed by atoms with Crippen molar-refractivity contribution in [3.63, 3.8) is 0 Å². The van der Waals surface area contributed by atoms with Gasteiger partial charge >= 0.3 is 11.8 Å². The number of hydrogen-bond acceptors (Lipinski definition) is 5. The second-order valence-electron chi connectivity index (χ2n) is 10.9. The van der Waals surface area contributed by atoms with Gasteiger partial charge in [0.05, 0.1) is 0 Å². The number of nitrogens with zero attached hydrogens (tertiary/aromatic N) is 3. The molecule has 3 heterocycles. The molecule has 7 nitrogen and oxygen atoms in total. The molecule has 1 aromatic rings. The number of rotatable bonds is 2. The van der Waals surface area contributed by atoms with Crippen LogP contribution in [0.1, 0.15) is 45.6 Å². The highest BCUT2D eigenvalue weighted by Gasteiger charge is 2.52. The van der Waals surface area contributed by atoms with Crippen LogP contribution < -0.4 is 9.47 Å². The maximum Gasteiger partial charge on any atom is 0.312 e. The lowest BCUT2D eigenvalue weighted by molar-refractivity contribution is -0.153. The summed E-state index contributed by atoms with van der Waals surface area (Å²) in [6.45, 7) is 11.4. The summed E-state index contributed by atoms with van der Waals surface area (Å²) >= 11 is 0. The lowest BCUT2D eigenvalue weighted by Crippen LogP contribution is -2.53. The molecule has 0 N–H and O–H groups in total. The quantitative estimate of drug-likeness (QED) is 0.679. The molecule has 3 aliphatic heterocycles. The van der Waals surface area contributed by atoms with Gasteiger partial charge in [0.1, 0.15) is 0 Å². The molecule has 0 spiro atoms. The molecule has 2 amide bonds. The zero-order valence-electron chi connectivity index (χ0n) is 18.9. The number of fused-ring (bicyclic) bond motifs is 3. The lowest BCUT2D eigenvalue weighted by Gasteiger charge is -2.39. The Kier molecular flexibility index (Phi) is 4.92. The molecule has 3 fully saturated rings. The van der Waals surface area contributed by atoms with Gasteiger partial charge < -0.3 is 19.3 Å². The van der Waals surface area contributed by atoms with E-state index in [9.17, 15) is 9.59 Å². The molecule has 1 aromatic carbocycles. The molecule has 2 unspecified atom stereocenters. The Morgan fingerprint density at radius 2 is 1.74 bits per heavy atom. The monoisotopic (exact) mass is 427 g/mol. The molecule has 0 aromatic heterocycles. The first-order chi connectivity index (χ1) is 14.7. The Morgan fingerprint density at radius 3 is 2.52 bits per heavy atom. The van der Waals surface area contributed by atoms with Crippen LogP contribution in [0, 0.1) is 10.8 Å². The van der Waals surface area contributed by atoms with Gasteiger partial charge in [0, 0.05) is 45.3 Å². The van der Waals surface area contributed by atoms with Crippen LogP contribution in [0.15, 0.2) is 18.2 Å². The highest BCUT2D eigenvalue weighted by atomic mass is 16.7. The minimum absolute atomic E-state index is 0.145. The summed E-state index contributed by atoms with van der Waals surface area (Å²) in [5, 5.41) is 0. The molecule has 5 rings (SSSR count). The standard InChI is InChI=1S/C24H33N3O4/c1-23(2)11-18-12-24(3,14-23)15-27(18)22(29)21(28)26-8-6-25(7-9-26)13-17-4-5-19-20(10-17)31-16-30-19/h4-5,10,18H,6-9,11-16H2,1-3H3. The van der Waals surface area contributed by atoms with Crippen molar-refractivity contribution < 1.29 is 19.1 Å². The smallest absolute Gasteiger partial charge is 0.312 e. The number of amides is 2. The van der Waals surface area contributed by atoms with Crippen molar-refractivity contribution in [2.75, 3.05) is 39.5 Å². The molecular weight excluding hydrogens is 394 g/mol. The first-order valence-corrected chi connectivity index (χ1v) is 11.4. The Morgan fingerprint density at radius 1 is 1.00 bits per heavy atom. The third-order valence-corrected chi connectivity index (χ3v) is 7.36. The summed E-state index contributed by atoms with van der Waals surface area (Å²) in [6, 6.07) is 6.24. The van der Waals surface area contributed by atoms with E-state index < -0.39 is 0 Å². The van der Waals surface area contributed by atoms with E-state index in [1.807, 2.05) is 17.0 Å². The summed E-state index contributed by atoms with van der Waals surface area (Å²) in [6.07, 6.45) is 3.14. The number of hydrogen-bond donors (Lipinski definition) is 0. The van der Waals surface area contributed by atoms with Crippen LogP contribution in [0.2, 0.25) is 0 Å². The van der Waals surface area contributed by atoms with E-state index in [1.165, 1.54) is 5.56 Å². The summed E-state index contributed by atoms with van der Waals surface area (Å²) < 4.78 is 10.8. The average Bonchev–Trinajstić information content (AvgIpc) is 3.27. The topological polar surface area (TPSA) is 62.3 Å². The lowest BCUT2D eigenvalue weighted by atomic mass is 9.65. The van der Waals surface area contributed by atoms with Crippen molar-refractivity contribution in [3.8, 4) is 11.5 Å². The van der Waals surface area contributed by atoms with Crippen molar-refractivity contribution in [2.45, 2.75) is 52.6 Å². The van der Waals surface area contributed by atoms with Crippen molar-refractivity contribution in [1.82, 2.24) is 14.7 Å². The van der Waals surface area contributed by atoms with Crippen LogP contribution in [-0.4, -0.2) is 72.1 Å². The molecule has 1 aliphatic carbocycles. The predicted molar refractivity (Wildman–Crippen MR) is 116 cm³/mol. The highest BCUT2D eigenvalue weighted by molar-refractivity contribution is 6.35. The first kappa shape index (κ1) is 20.6. The Hall–Kier alpha value is -2.28. The van der Waals surface area contributed by atoms with Crippen molar-refractivity contribution >= 4 is 11.8 Å². The van der Waals surface area contributed by atoms with Gasteiger partial charge in [-0.3, -0.25) is 14.5 Å². The summed E-state index contributed by atoms with van der Waals surface area (Å²) in [5.74, 6) is 0.971. The summed E-state index contributed by atoms with van der Waals surface area (Å²) in [5.41, 5.74) is 1.54. The van der Waals surface area contributed by atoms with E-state index in [0.29, 0.717) is 13.1 Å². The number of ether oxygens (including phenoxy) is 2. The van der Waals surface area contributed by atoms with Gasteiger partial charge in [-0.15, -0.1) is 0 Å². The van der Waals surface area contributed by atoms with Gasteiger partial charge in [0.2, 0.25) is 6.79 Å². The molecular formula is C24H33N3O4. The Balaban J connectivity index is 1.16. The predicted octanol–water partition coefficient (Wildman–Crippen LogP) is 2.49. The fourth-order valence-electron chi connectivity index (χ4n) is 6.36. The van der Waals surface area contributed by atoms with Gasteiger partial charge in [0.25, 0.3) is 0 Å². The molecule has 2 saturated heterocycles. The molecule has 2 bridgehead atoms. The number of benzene rings is 1. The van der Waals surface area contributed by atoms with Crippen molar-refractivity contribution in [1.29, 1.82) is 0 Å². The third-order valence-electron chi connectivity index (χ3n) is 7.36. The fourth-order valence-corrected chi connectivity index (χ4v) is 6.36. The number of carbonyl (C=O) groups excluding carboxylic acids is 2. The van der Waals surface area contributed by atoms with E-state index in [2.05, 4.69) is 31.7 Å². The molecule has 1 saturated carbocycles. The maximum atomic E-state index is 13.1. The van der Waals surface area contributed by atoms with Crippen LogP contribution in [0.25, 0.3) is 0 Å². The molecule has 2 atom stereocenters. The van der Waals surface area contributed by atoms with E-state index in [1.54, 1.807) is 4.90 Å². The normalized spacial score (nSPS) is 29.3. The highest BCUT2D eigenvalue weighted by Crippen LogP contribution is 2.52. The number of piperazine rings is 1. The van der Waals surface area contributed by atoms with Crippen LogP contribution in [-0.2, 0) is 16.1 Å². The molecule has 31 heavy (non-hydrogen) atoms. The molecule has 7 heteroatoms. The van der Waals surface area contributed by atoms with E-state index >= 15 is 0 Å². The second-order valence-corrected chi connectivity index (χ2v) is 10.9. The molecule has 4 aliphatic rings. The SMILES string of the molecule is CC1(C)CC2CC(C)(CN2C(=O)C(=O)N2CCN(Cc3ccc4c(c3)OCO4)CC2)C1. The van der Waals surface area contributed by atoms with Crippen molar-refractivity contribution in [2.24, 2.45) is 10.8 Å². The Labute approximate surface area is 184 Å². The number of carbonyl (C=O) groups is 2. The largest absolute Gasteiger partial charge is 0.454 e. The minimum atomic E-state index is -0.323. The van der Waals surface area contributed by atoms with E-state index in [-0.39, 0.29) is 35.5 Å². The van der Waals surface area contributed by atoms with Crippen LogP contribution >= 0.6 is 0 Å². The van der Waals surface area contributed by atoms with E-state index in [0.717, 1.165) is 56.9 Å². The third kappa shape index (κ3) is 4.00. The minimum Gasteiger partial charge on any atom is -0.454 e. The maximum absolute atomic E-state index is 13.1. The van der Waals surface area contributed by atoms with E-state index in [4.69, 9.17) is 9.47 Å².